The van der Waals surface area contributed by atoms with Gasteiger partial charge in [-0.2, -0.15) is 0 Å². The van der Waals surface area contributed by atoms with Crippen LogP contribution in [0.5, 0.6) is 5.75 Å². The molecule has 0 spiro atoms. The van der Waals surface area contributed by atoms with Crippen LogP contribution in [0.1, 0.15) is 5.56 Å². The average molecular weight is 478 g/mol. The van der Waals surface area contributed by atoms with Gasteiger partial charge in [0.25, 0.3) is 10.0 Å². The lowest BCUT2D eigenvalue weighted by molar-refractivity contribution is 0.414. The van der Waals surface area contributed by atoms with Gasteiger partial charge in [-0.3, -0.25) is 0 Å². The first kappa shape index (κ1) is 21.3. The van der Waals surface area contributed by atoms with Gasteiger partial charge in [-0.25, -0.2) is 12.4 Å². The maximum atomic E-state index is 13.3. The topological polar surface area (TPSA) is 54.8 Å². The van der Waals surface area contributed by atoms with Crippen LogP contribution in [0.4, 0.5) is 0 Å². The molecule has 0 saturated carbocycles. The predicted octanol–water partition coefficient (Wildman–Crippen LogP) is 4.11. The number of fused-ring (bicyclic) bond motifs is 1. The highest BCUT2D eigenvalue weighted by Crippen LogP contribution is 2.30. The van der Waals surface area contributed by atoms with E-state index >= 15 is 0 Å². The first-order chi connectivity index (χ1) is 13.7. The Hall–Kier alpha value is -2.45. The zero-order chi connectivity index (χ0) is 21.2. The lowest BCUT2D eigenvalue weighted by atomic mass is 10.2. The fourth-order valence-corrected chi connectivity index (χ4v) is 4.75. The van der Waals surface area contributed by atoms with Crippen molar-refractivity contribution in [1.82, 2.24) is 13.8 Å². The van der Waals surface area contributed by atoms with Gasteiger partial charge in [-0.15, -0.1) is 0 Å². The summed E-state index contributed by atoms with van der Waals surface area (Å²) >= 11 is 3.50. The van der Waals surface area contributed by atoms with E-state index in [-0.39, 0.29) is 4.90 Å². The summed E-state index contributed by atoms with van der Waals surface area (Å²) in [4.78, 5) is 4.18. The van der Waals surface area contributed by atoms with E-state index in [0.29, 0.717) is 17.8 Å². The van der Waals surface area contributed by atoms with E-state index in [1.54, 1.807) is 37.6 Å². The molecule has 3 aromatic rings. The van der Waals surface area contributed by atoms with Gasteiger partial charge in [0.2, 0.25) is 0 Å². The molecule has 0 bridgehead atoms. The molecular formula is C21H24BrN3O3S. The van der Waals surface area contributed by atoms with Crippen LogP contribution in [0.15, 0.2) is 70.4 Å². The van der Waals surface area contributed by atoms with Crippen molar-refractivity contribution in [2.75, 3.05) is 28.3 Å². The predicted molar refractivity (Wildman–Crippen MR) is 120 cm³/mol. The summed E-state index contributed by atoms with van der Waals surface area (Å²) in [6, 6.07) is 12.0. The van der Waals surface area contributed by atoms with Crippen molar-refractivity contribution in [3.05, 3.63) is 71.1 Å². The van der Waals surface area contributed by atoms with E-state index in [1.165, 1.54) is 3.97 Å². The monoisotopic (exact) mass is 477 g/mol. The summed E-state index contributed by atoms with van der Waals surface area (Å²) in [5, 5.41) is 0.890. The number of aromatic nitrogens is 1. The van der Waals surface area contributed by atoms with Gasteiger partial charge in [0.15, 0.2) is 0 Å². The van der Waals surface area contributed by atoms with E-state index in [9.17, 15) is 8.42 Å². The lowest BCUT2D eigenvalue weighted by Gasteiger charge is -2.15. The van der Waals surface area contributed by atoms with Gasteiger partial charge in [-0.05, 0) is 48.0 Å². The Morgan fingerprint density at radius 1 is 1.07 bits per heavy atom. The van der Waals surface area contributed by atoms with Crippen molar-refractivity contribution in [1.29, 1.82) is 0 Å². The molecule has 1 heterocycles. The zero-order valence-corrected chi connectivity index (χ0v) is 19.2. The van der Waals surface area contributed by atoms with Gasteiger partial charge in [0, 0.05) is 56.1 Å². The minimum Gasteiger partial charge on any atom is -0.497 e. The zero-order valence-electron chi connectivity index (χ0n) is 16.8. The highest BCUT2D eigenvalue weighted by Gasteiger charge is 2.22. The maximum Gasteiger partial charge on any atom is 0.268 e. The maximum absolute atomic E-state index is 13.3. The van der Waals surface area contributed by atoms with Crippen LogP contribution in [-0.2, 0) is 16.6 Å². The molecule has 0 radical (unpaired) electrons. The normalized spacial score (nSPS) is 11.9. The summed E-state index contributed by atoms with van der Waals surface area (Å²) in [5.74, 6) is 0.611. The molecule has 0 aliphatic rings. The molecule has 8 heteroatoms. The number of ether oxygens (including phenoxy) is 1. The third kappa shape index (κ3) is 4.59. The summed E-state index contributed by atoms with van der Waals surface area (Å²) in [7, 11) is 3.67. The number of rotatable bonds is 7. The molecule has 2 aromatic carbocycles. The third-order valence-electron chi connectivity index (χ3n) is 4.47. The second-order valence-electron chi connectivity index (χ2n) is 6.97. The Morgan fingerprint density at radius 3 is 2.38 bits per heavy atom. The molecule has 6 nitrogen and oxygen atoms in total. The van der Waals surface area contributed by atoms with Crippen LogP contribution >= 0.6 is 15.9 Å². The van der Waals surface area contributed by atoms with Crippen LogP contribution in [0.3, 0.4) is 0 Å². The molecule has 0 aliphatic carbocycles. The molecule has 0 atom stereocenters. The first-order valence-corrected chi connectivity index (χ1v) is 11.2. The Morgan fingerprint density at radius 2 is 1.76 bits per heavy atom. The summed E-state index contributed by atoms with van der Waals surface area (Å²) < 4.78 is 34.0. The van der Waals surface area contributed by atoms with Gasteiger partial charge < -0.3 is 14.5 Å². The number of methoxy groups -OCH3 is 1. The van der Waals surface area contributed by atoms with Crippen molar-refractivity contribution in [3.8, 4) is 5.75 Å². The standard InChI is InChI=1S/C21H24BrN3O3S/c1-23(2)11-12-24(3)14-16-15-25(21-10-5-17(22)13-20(16)21)29(26,27)19-8-6-18(28-4)7-9-19/h5-13,15H,14H2,1-4H3. The van der Waals surface area contributed by atoms with Crippen molar-refractivity contribution in [2.24, 2.45) is 0 Å². The number of halogens is 1. The molecule has 0 saturated heterocycles. The van der Waals surface area contributed by atoms with Crippen molar-refractivity contribution < 1.29 is 13.2 Å². The second-order valence-corrected chi connectivity index (χ2v) is 9.70. The van der Waals surface area contributed by atoms with Crippen LogP contribution in [0.2, 0.25) is 0 Å². The molecule has 29 heavy (non-hydrogen) atoms. The Kier molecular flexibility index (Phi) is 6.24. The SMILES string of the molecule is COc1ccc(S(=O)(=O)n2cc(CN(C)C=CN(C)C)c3cc(Br)ccc32)cc1. The van der Waals surface area contributed by atoms with Crippen LogP contribution in [0.25, 0.3) is 10.9 Å². The summed E-state index contributed by atoms with van der Waals surface area (Å²) in [5.41, 5.74) is 1.56. The number of hydrogen-bond acceptors (Lipinski definition) is 5. The van der Waals surface area contributed by atoms with Crippen LogP contribution in [0, 0.1) is 0 Å². The molecule has 0 amide bonds. The molecule has 1 aromatic heterocycles. The van der Waals surface area contributed by atoms with E-state index in [4.69, 9.17) is 4.74 Å². The quantitative estimate of drug-likeness (QED) is 0.512. The molecule has 0 N–H and O–H groups in total. The number of nitrogens with zero attached hydrogens (tertiary/aromatic N) is 3. The molecule has 0 unspecified atom stereocenters. The Bertz CT molecular complexity index is 1140. The first-order valence-electron chi connectivity index (χ1n) is 8.96. The fourth-order valence-electron chi connectivity index (χ4n) is 2.99. The molecule has 0 fully saturated rings. The molecular weight excluding hydrogens is 454 g/mol. The van der Waals surface area contributed by atoms with Crippen LogP contribution < -0.4 is 4.74 Å². The molecule has 0 aliphatic heterocycles. The average Bonchev–Trinajstić information content (AvgIpc) is 3.04. The van der Waals surface area contributed by atoms with E-state index < -0.39 is 10.0 Å². The Balaban J connectivity index is 2.08. The Labute approximate surface area is 180 Å². The third-order valence-corrected chi connectivity index (χ3v) is 6.65. The smallest absolute Gasteiger partial charge is 0.268 e. The van der Waals surface area contributed by atoms with Gasteiger partial charge in [-0.1, -0.05) is 15.9 Å². The van der Waals surface area contributed by atoms with Gasteiger partial charge in [0.05, 0.1) is 17.5 Å². The number of benzene rings is 2. The minimum atomic E-state index is -3.74. The van der Waals surface area contributed by atoms with E-state index in [2.05, 4.69) is 15.9 Å². The number of hydrogen-bond donors (Lipinski definition) is 0. The molecule has 3 rings (SSSR count). The molecule has 154 valence electrons. The van der Waals surface area contributed by atoms with Crippen molar-refractivity contribution in [3.63, 3.8) is 0 Å². The van der Waals surface area contributed by atoms with Gasteiger partial charge in [0.1, 0.15) is 5.75 Å². The van der Waals surface area contributed by atoms with E-state index in [0.717, 1.165) is 15.4 Å². The van der Waals surface area contributed by atoms with Crippen LogP contribution in [-0.4, -0.2) is 50.4 Å². The summed E-state index contributed by atoms with van der Waals surface area (Å²) in [6.45, 7) is 0.572. The highest BCUT2D eigenvalue weighted by atomic mass is 79.9. The summed E-state index contributed by atoms with van der Waals surface area (Å²) in [6.07, 6.45) is 5.61. The second kappa shape index (κ2) is 8.51. The van der Waals surface area contributed by atoms with Gasteiger partial charge >= 0.3 is 0 Å². The highest BCUT2D eigenvalue weighted by molar-refractivity contribution is 9.10. The van der Waals surface area contributed by atoms with E-state index in [1.807, 2.05) is 61.5 Å². The largest absolute Gasteiger partial charge is 0.497 e. The van der Waals surface area contributed by atoms with Crippen molar-refractivity contribution >= 4 is 36.9 Å². The fraction of sp³-hybridized carbons (Fsp3) is 0.238. The minimum absolute atomic E-state index is 0.213. The van der Waals surface area contributed by atoms with Crippen molar-refractivity contribution in [2.45, 2.75) is 11.4 Å². The lowest BCUT2D eigenvalue weighted by Crippen LogP contribution is -2.13.